The van der Waals surface area contributed by atoms with Crippen molar-refractivity contribution >= 4 is 15.5 Å². The Balaban J connectivity index is 2.07. The van der Waals surface area contributed by atoms with Gasteiger partial charge in [0.15, 0.2) is 9.84 Å². The lowest BCUT2D eigenvalue weighted by Crippen LogP contribution is -2.16. The monoisotopic (exact) mass is 318 g/mol. The number of halogens is 3. The van der Waals surface area contributed by atoms with E-state index < -0.39 is 27.1 Å². The summed E-state index contributed by atoms with van der Waals surface area (Å²) >= 11 is 0. The molecule has 1 aliphatic heterocycles. The molecule has 0 aliphatic carbocycles. The normalized spacial score (nSPS) is 21.0. The van der Waals surface area contributed by atoms with Crippen LogP contribution < -0.4 is 5.32 Å². The van der Waals surface area contributed by atoms with Crippen molar-refractivity contribution in [2.75, 3.05) is 23.4 Å². The molecule has 1 fully saturated rings. The molecule has 4 nitrogen and oxygen atoms in total. The molecule has 8 heteroatoms. The highest BCUT2D eigenvalue weighted by molar-refractivity contribution is 7.91. The molecule has 1 aromatic rings. The van der Waals surface area contributed by atoms with E-state index in [9.17, 15) is 21.6 Å². The Hall–Kier alpha value is -1.75. The summed E-state index contributed by atoms with van der Waals surface area (Å²) in [5.41, 5.74) is -1.05. The fourth-order valence-corrected chi connectivity index (χ4v) is 4.15. The molecular formula is C13H13F3N2O2S. The van der Waals surface area contributed by atoms with Gasteiger partial charge in [0, 0.05) is 12.2 Å². The van der Waals surface area contributed by atoms with Crippen LogP contribution in [0.15, 0.2) is 18.2 Å². The van der Waals surface area contributed by atoms with Crippen molar-refractivity contribution in [2.24, 2.45) is 5.92 Å². The van der Waals surface area contributed by atoms with Crippen LogP contribution in [0.1, 0.15) is 17.5 Å². The number of rotatable bonds is 3. The lowest BCUT2D eigenvalue weighted by molar-refractivity contribution is -0.137. The van der Waals surface area contributed by atoms with Gasteiger partial charge >= 0.3 is 6.18 Å². The van der Waals surface area contributed by atoms with Gasteiger partial charge < -0.3 is 5.32 Å². The van der Waals surface area contributed by atoms with Crippen LogP contribution in [0.25, 0.3) is 0 Å². The highest BCUT2D eigenvalue weighted by Crippen LogP contribution is 2.33. The van der Waals surface area contributed by atoms with Crippen molar-refractivity contribution in [1.82, 2.24) is 0 Å². The number of hydrogen-bond donors (Lipinski definition) is 1. The lowest BCUT2D eigenvalue weighted by atomic mass is 10.1. The van der Waals surface area contributed by atoms with E-state index in [-0.39, 0.29) is 17.4 Å². The van der Waals surface area contributed by atoms with Crippen LogP contribution in [0.5, 0.6) is 0 Å². The summed E-state index contributed by atoms with van der Waals surface area (Å²) in [7, 11) is -2.98. The fourth-order valence-electron chi connectivity index (χ4n) is 2.29. The minimum absolute atomic E-state index is 0.0529. The van der Waals surface area contributed by atoms with E-state index in [1.54, 1.807) is 0 Å². The predicted octanol–water partition coefficient (Wildman–Crippen LogP) is 2.42. The Morgan fingerprint density at radius 1 is 1.38 bits per heavy atom. The average Bonchev–Trinajstić information content (AvgIpc) is 2.74. The van der Waals surface area contributed by atoms with Gasteiger partial charge in [0.1, 0.15) is 0 Å². The zero-order valence-corrected chi connectivity index (χ0v) is 11.8. The van der Waals surface area contributed by atoms with Crippen LogP contribution in [0, 0.1) is 17.2 Å². The molecule has 0 radical (unpaired) electrons. The van der Waals surface area contributed by atoms with Gasteiger partial charge in [-0.25, -0.2) is 8.42 Å². The summed E-state index contributed by atoms with van der Waals surface area (Å²) in [5.74, 6) is 0.185. The molecule has 0 saturated carbocycles. The predicted molar refractivity (Wildman–Crippen MR) is 71.4 cm³/mol. The van der Waals surface area contributed by atoms with E-state index in [1.807, 2.05) is 0 Å². The number of nitriles is 1. The quantitative estimate of drug-likeness (QED) is 0.929. The first-order valence-electron chi connectivity index (χ1n) is 6.27. The maximum Gasteiger partial charge on any atom is 0.417 e. The van der Waals surface area contributed by atoms with E-state index in [4.69, 9.17) is 5.26 Å². The first kappa shape index (κ1) is 15.6. The Labute approximate surface area is 120 Å². The molecule has 2 rings (SSSR count). The van der Waals surface area contributed by atoms with Gasteiger partial charge in [-0.1, -0.05) is 0 Å². The fraction of sp³-hybridized carbons (Fsp3) is 0.462. The minimum atomic E-state index is -4.57. The van der Waals surface area contributed by atoms with Crippen LogP contribution in [0.3, 0.4) is 0 Å². The van der Waals surface area contributed by atoms with E-state index >= 15 is 0 Å². The van der Waals surface area contributed by atoms with Crippen LogP contribution in [0.4, 0.5) is 18.9 Å². The number of alkyl halides is 3. The van der Waals surface area contributed by atoms with E-state index in [1.165, 1.54) is 12.1 Å². The van der Waals surface area contributed by atoms with Crippen molar-refractivity contribution in [3.8, 4) is 6.07 Å². The first-order chi connectivity index (χ1) is 9.71. The molecule has 1 heterocycles. The summed E-state index contributed by atoms with van der Waals surface area (Å²) in [6.07, 6.45) is -4.02. The van der Waals surface area contributed by atoms with Gasteiger partial charge in [-0.2, -0.15) is 18.4 Å². The molecule has 1 unspecified atom stereocenters. The van der Waals surface area contributed by atoms with E-state index in [0.717, 1.165) is 12.1 Å². The molecule has 0 aromatic heterocycles. The molecule has 1 atom stereocenters. The molecular weight excluding hydrogens is 305 g/mol. The highest BCUT2D eigenvalue weighted by Gasteiger charge is 2.33. The summed E-state index contributed by atoms with van der Waals surface area (Å²) in [6, 6.07) is 4.76. The van der Waals surface area contributed by atoms with Crippen molar-refractivity contribution in [3.63, 3.8) is 0 Å². The number of nitrogens with one attached hydrogen (secondary N) is 1. The Morgan fingerprint density at radius 2 is 2.10 bits per heavy atom. The molecule has 0 bridgehead atoms. The van der Waals surface area contributed by atoms with Crippen LogP contribution in [-0.2, 0) is 16.0 Å². The van der Waals surface area contributed by atoms with Crippen LogP contribution >= 0.6 is 0 Å². The Kier molecular flexibility index (Phi) is 4.14. The zero-order valence-electron chi connectivity index (χ0n) is 10.9. The largest absolute Gasteiger partial charge is 0.417 e. The second-order valence-electron chi connectivity index (χ2n) is 5.02. The van der Waals surface area contributed by atoms with Gasteiger partial charge in [-0.05, 0) is 30.5 Å². The second kappa shape index (κ2) is 5.56. The van der Waals surface area contributed by atoms with Crippen molar-refractivity contribution < 1.29 is 21.6 Å². The highest BCUT2D eigenvalue weighted by atomic mass is 32.2. The summed E-state index contributed by atoms with van der Waals surface area (Å²) < 4.78 is 60.6. The average molecular weight is 318 g/mol. The number of anilines is 1. The lowest BCUT2D eigenvalue weighted by Gasteiger charge is -2.13. The van der Waals surface area contributed by atoms with Crippen LogP contribution in [0.2, 0.25) is 0 Å². The standard InChI is InChI=1S/C13H13F3N2O2S/c14-13(15,16)12-2-1-11(5-10(12)6-17)18-7-9-3-4-21(19,20)8-9/h1-2,5,9,18H,3-4,7-8H2. The molecule has 0 spiro atoms. The molecule has 1 aromatic carbocycles. The molecule has 1 saturated heterocycles. The van der Waals surface area contributed by atoms with Gasteiger partial charge in [0.05, 0.1) is 28.7 Å². The van der Waals surface area contributed by atoms with E-state index in [0.29, 0.717) is 18.7 Å². The number of hydrogen-bond acceptors (Lipinski definition) is 4. The third-order valence-corrected chi connectivity index (χ3v) is 5.20. The second-order valence-corrected chi connectivity index (χ2v) is 7.25. The topological polar surface area (TPSA) is 70.0 Å². The smallest absolute Gasteiger partial charge is 0.385 e. The molecule has 0 amide bonds. The molecule has 1 N–H and O–H groups in total. The van der Waals surface area contributed by atoms with Gasteiger partial charge in [0.2, 0.25) is 0 Å². The van der Waals surface area contributed by atoms with Crippen LogP contribution in [-0.4, -0.2) is 26.5 Å². The summed E-state index contributed by atoms with van der Waals surface area (Å²) in [5, 5.41) is 11.7. The SMILES string of the molecule is N#Cc1cc(NCC2CCS(=O)(=O)C2)ccc1C(F)(F)F. The molecule has 1 aliphatic rings. The Bertz CT molecular complexity index is 678. The van der Waals surface area contributed by atoms with Gasteiger partial charge in [-0.3, -0.25) is 0 Å². The first-order valence-corrected chi connectivity index (χ1v) is 8.09. The van der Waals surface area contributed by atoms with Crippen molar-refractivity contribution in [3.05, 3.63) is 29.3 Å². The molecule has 21 heavy (non-hydrogen) atoms. The third kappa shape index (κ3) is 3.88. The van der Waals surface area contributed by atoms with Crippen molar-refractivity contribution in [2.45, 2.75) is 12.6 Å². The number of sulfone groups is 1. The maximum absolute atomic E-state index is 12.6. The maximum atomic E-state index is 12.6. The van der Waals surface area contributed by atoms with Gasteiger partial charge in [0.25, 0.3) is 0 Å². The number of benzene rings is 1. The summed E-state index contributed by atoms with van der Waals surface area (Å²) in [4.78, 5) is 0. The molecule has 114 valence electrons. The minimum Gasteiger partial charge on any atom is -0.385 e. The zero-order chi connectivity index (χ0) is 15.7. The van der Waals surface area contributed by atoms with Gasteiger partial charge in [-0.15, -0.1) is 0 Å². The van der Waals surface area contributed by atoms with Crippen molar-refractivity contribution in [1.29, 1.82) is 5.26 Å². The summed E-state index contributed by atoms with van der Waals surface area (Å²) in [6.45, 7) is 0.357. The third-order valence-electron chi connectivity index (χ3n) is 3.37. The van der Waals surface area contributed by atoms with E-state index in [2.05, 4.69) is 5.32 Å². The number of nitrogens with zero attached hydrogens (tertiary/aromatic N) is 1. The Morgan fingerprint density at radius 3 is 2.62 bits per heavy atom.